The second-order valence-electron chi connectivity index (χ2n) is 4.33. The first-order valence-electron chi connectivity index (χ1n) is 5.48. The highest BCUT2D eigenvalue weighted by atomic mass is 15.4. The third-order valence-electron chi connectivity index (χ3n) is 3.41. The molecule has 0 spiro atoms. The molecule has 0 aliphatic carbocycles. The van der Waals surface area contributed by atoms with Crippen LogP contribution < -0.4 is 10.6 Å². The van der Waals surface area contributed by atoms with Crippen LogP contribution >= 0.6 is 0 Å². The minimum atomic E-state index is 0.184. The van der Waals surface area contributed by atoms with Crippen molar-refractivity contribution < 1.29 is 0 Å². The van der Waals surface area contributed by atoms with Gasteiger partial charge in [0.25, 0.3) is 0 Å². The Balaban J connectivity index is 2.37. The second kappa shape index (κ2) is 3.19. The van der Waals surface area contributed by atoms with E-state index in [-0.39, 0.29) is 6.04 Å². The standard InChI is InChI=1S/C11H14N6/c1-6-9-8(14-15-17(9)3)7-4-5-13-11(12)10(7)16(6)2/h4-6H,1-3H3,(H2,12,13). The molecule has 0 saturated carbocycles. The smallest absolute Gasteiger partial charge is 0.147 e. The zero-order chi connectivity index (χ0) is 12.2. The first kappa shape index (κ1) is 10.1. The van der Waals surface area contributed by atoms with Crippen LogP contribution in [0.3, 0.4) is 0 Å². The number of nitrogen functional groups attached to an aromatic ring is 1. The monoisotopic (exact) mass is 230 g/mol. The summed E-state index contributed by atoms with van der Waals surface area (Å²) in [4.78, 5) is 6.25. The Morgan fingerprint density at radius 1 is 1.35 bits per heavy atom. The summed E-state index contributed by atoms with van der Waals surface area (Å²) in [6, 6.07) is 2.12. The summed E-state index contributed by atoms with van der Waals surface area (Å²) in [6.07, 6.45) is 1.70. The molecule has 1 unspecified atom stereocenters. The van der Waals surface area contributed by atoms with Crippen LogP contribution in [0.1, 0.15) is 18.7 Å². The van der Waals surface area contributed by atoms with E-state index in [0.717, 1.165) is 22.6 Å². The normalized spacial score (nSPS) is 17.8. The molecule has 1 aliphatic rings. The molecular weight excluding hydrogens is 216 g/mol. The molecule has 0 amide bonds. The Hall–Kier alpha value is -2.11. The predicted octanol–water partition coefficient (Wildman–Crippen LogP) is 0.970. The van der Waals surface area contributed by atoms with E-state index in [1.165, 1.54) is 0 Å². The average Bonchev–Trinajstić information content (AvgIpc) is 2.68. The van der Waals surface area contributed by atoms with Crippen LogP contribution in [0.5, 0.6) is 0 Å². The van der Waals surface area contributed by atoms with Crippen LogP contribution in [0.4, 0.5) is 11.5 Å². The number of anilines is 2. The molecule has 0 fully saturated rings. The van der Waals surface area contributed by atoms with E-state index in [1.54, 1.807) is 6.20 Å². The number of fused-ring (bicyclic) bond motifs is 3. The number of pyridine rings is 1. The molecule has 2 aromatic heterocycles. The molecule has 3 heterocycles. The summed E-state index contributed by atoms with van der Waals surface area (Å²) in [6.45, 7) is 2.11. The maximum absolute atomic E-state index is 5.95. The highest BCUT2D eigenvalue weighted by Gasteiger charge is 2.31. The van der Waals surface area contributed by atoms with Crippen molar-refractivity contribution in [2.75, 3.05) is 17.7 Å². The summed E-state index contributed by atoms with van der Waals surface area (Å²) in [7, 11) is 3.92. The van der Waals surface area contributed by atoms with Crippen molar-refractivity contribution in [3.8, 4) is 11.3 Å². The van der Waals surface area contributed by atoms with E-state index in [4.69, 9.17) is 5.73 Å². The van der Waals surface area contributed by atoms with E-state index in [2.05, 4.69) is 27.1 Å². The number of rotatable bonds is 0. The molecule has 1 aliphatic heterocycles. The van der Waals surface area contributed by atoms with Crippen LogP contribution in [0.15, 0.2) is 12.3 Å². The second-order valence-corrected chi connectivity index (χ2v) is 4.33. The minimum absolute atomic E-state index is 0.184. The lowest BCUT2D eigenvalue weighted by molar-refractivity contribution is 0.615. The summed E-state index contributed by atoms with van der Waals surface area (Å²) in [5.41, 5.74) is 9.90. The molecule has 2 aromatic rings. The van der Waals surface area contributed by atoms with Crippen molar-refractivity contribution in [3.63, 3.8) is 0 Å². The van der Waals surface area contributed by atoms with Gasteiger partial charge in [0, 0.05) is 25.9 Å². The van der Waals surface area contributed by atoms with Crippen LogP contribution in [-0.4, -0.2) is 27.0 Å². The van der Waals surface area contributed by atoms with Crippen LogP contribution in [-0.2, 0) is 7.05 Å². The fourth-order valence-electron chi connectivity index (χ4n) is 2.43. The van der Waals surface area contributed by atoms with E-state index in [1.807, 2.05) is 24.8 Å². The van der Waals surface area contributed by atoms with E-state index < -0.39 is 0 Å². The zero-order valence-electron chi connectivity index (χ0n) is 10.0. The zero-order valence-corrected chi connectivity index (χ0v) is 10.0. The molecule has 0 radical (unpaired) electrons. The number of hydrogen-bond acceptors (Lipinski definition) is 5. The highest BCUT2D eigenvalue weighted by Crippen LogP contribution is 2.44. The lowest BCUT2D eigenvalue weighted by Gasteiger charge is -2.33. The van der Waals surface area contributed by atoms with Gasteiger partial charge < -0.3 is 10.6 Å². The molecular formula is C11H14N6. The number of aromatic nitrogens is 4. The molecule has 3 rings (SSSR count). The number of hydrogen-bond donors (Lipinski definition) is 1. The SMILES string of the molecule is CC1c2c(nnn2C)-c2ccnc(N)c2N1C. The van der Waals surface area contributed by atoms with Crippen molar-refractivity contribution in [1.82, 2.24) is 20.0 Å². The molecule has 0 bridgehead atoms. The van der Waals surface area contributed by atoms with Crippen LogP contribution in [0.25, 0.3) is 11.3 Å². The van der Waals surface area contributed by atoms with Gasteiger partial charge >= 0.3 is 0 Å². The Labute approximate surface area is 99.1 Å². The van der Waals surface area contributed by atoms with Crippen LogP contribution in [0.2, 0.25) is 0 Å². The Kier molecular flexibility index (Phi) is 1.89. The van der Waals surface area contributed by atoms with Gasteiger partial charge in [-0.25, -0.2) is 9.67 Å². The van der Waals surface area contributed by atoms with Gasteiger partial charge in [-0.1, -0.05) is 5.21 Å². The fraction of sp³-hybridized carbons (Fsp3) is 0.364. The quantitative estimate of drug-likeness (QED) is 0.730. The average molecular weight is 230 g/mol. The van der Waals surface area contributed by atoms with Crippen molar-refractivity contribution >= 4 is 11.5 Å². The highest BCUT2D eigenvalue weighted by molar-refractivity contribution is 5.87. The predicted molar refractivity (Wildman–Crippen MR) is 65.5 cm³/mol. The van der Waals surface area contributed by atoms with Crippen molar-refractivity contribution in [2.24, 2.45) is 7.05 Å². The van der Waals surface area contributed by atoms with E-state index in [0.29, 0.717) is 5.82 Å². The third kappa shape index (κ3) is 1.17. The molecule has 1 atom stereocenters. The van der Waals surface area contributed by atoms with E-state index in [9.17, 15) is 0 Å². The Morgan fingerprint density at radius 3 is 2.88 bits per heavy atom. The van der Waals surface area contributed by atoms with E-state index >= 15 is 0 Å². The van der Waals surface area contributed by atoms with Gasteiger partial charge in [0.2, 0.25) is 0 Å². The first-order valence-corrected chi connectivity index (χ1v) is 5.48. The lowest BCUT2D eigenvalue weighted by atomic mass is 9.98. The molecule has 6 nitrogen and oxygen atoms in total. The van der Waals surface area contributed by atoms with Gasteiger partial charge in [0.1, 0.15) is 11.5 Å². The van der Waals surface area contributed by atoms with Gasteiger partial charge in [-0.2, -0.15) is 0 Å². The molecule has 17 heavy (non-hydrogen) atoms. The van der Waals surface area contributed by atoms with Gasteiger partial charge in [0.15, 0.2) is 0 Å². The van der Waals surface area contributed by atoms with Gasteiger partial charge in [-0.15, -0.1) is 5.10 Å². The number of aryl methyl sites for hydroxylation is 1. The lowest BCUT2D eigenvalue weighted by Crippen LogP contribution is -2.28. The van der Waals surface area contributed by atoms with Crippen molar-refractivity contribution in [1.29, 1.82) is 0 Å². The van der Waals surface area contributed by atoms with Crippen LogP contribution in [0, 0.1) is 0 Å². The number of nitrogens with zero attached hydrogens (tertiary/aromatic N) is 5. The Morgan fingerprint density at radius 2 is 2.12 bits per heavy atom. The van der Waals surface area contributed by atoms with Crippen molar-refractivity contribution in [3.05, 3.63) is 18.0 Å². The van der Waals surface area contributed by atoms with Gasteiger partial charge in [-0.05, 0) is 13.0 Å². The summed E-state index contributed by atoms with van der Waals surface area (Å²) in [5.74, 6) is 0.535. The topological polar surface area (TPSA) is 72.9 Å². The molecule has 0 saturated heterocycles. The molecule has 2 N–H and O–H groups in total. The maximum atomic E-state index is 5.95. The maximum Gasteiger partial charge on any atom is 0.147 e. The molecule has 0 aromatic carbocycles. The first-order chi connectivity index (χ1) is 8.11. The van der Waals surface area contributed by atoms with Gasteiger partial charge in [-0.3, -0.25) is 0 Å². The molecule has 88 valence electrons. The molecule has 6 heteroatoms. The van der Waals surface area contributed by atoms with Crippen molar-refractivity contribution in [2.45, 2.75) is 13.0 Å². The third-order valence-corrected chi connectivity index (χ3v) is 3.41. The largest absolute Gasteiger partial charge is 0.382 e. The summed E-state index contributed by atoms with van der Waals surface area (Å²) < 4.78 is 1.82. The minimum Gasteiger partial charge on any atom is -0.382 e. The summed E-state index contributed by atoms with van der Waals surface area (Å²) in [5, 5.41) is 8.32. The summed E-state index contributed by atoms with van der Waals surface area (Å²) >= 11 is 0. The Bertz CT molecular complexity index is 588. The number of nitrogens with two attached hydrogens (primary N) is 1. The fourth-order valence-corrected chi connectivity index (χ4v) is 2.43. The van der Waals surface area contributed by atoms with Gasteiger partial charge in [0.05, 0.1) is 17.4 Å².